The average molecular weight is 331 g/mol. The van der Waals surface area contributed by atoms with Crippen molar-refractivity contribution in [2.45, 2.75) is 26.2 Å². The minimum Gasteiger partial charge on any atom is -0.497 e. The first kappa shape index (κ1) is 18.6. The molecule has 0 amide bonds. The normalized spacial score (nSPS) is 12.7. The van der Waals surface area contributed by atoms with E-state index in [4.69, 9.17) is 24.3 Å². The third-order valence-electron chi connectivity index (χ3n) is 2.74. The smallest absolute Gasteiger partial charge is 0.358 e. The van der Waals surface area contributed by atoms with Gasteiger partial charge in [0.1, 0.15) is 12.4 Å². The number of carbonyl (C=O) groups is 1. The van der Waals surface area contributed by atoms with Crippen molar-refractivity contribution in [2.75, 3.05) is 20.3 Å². The van der Waals surface area contributed by atoms with E-state index in [0.29, 0.717) is 5.75 Å². The van der Waals surface area contributed by atoms with Gasteiger partial charge in [-0.25, -0.2) is 4.79 Å². The highest BCUT2D eigenvalue weighted by molar-refractivity contribution is 7.55. The number of carbonyl (C=O) groups excluding carboxylic acids is 1. The fraction of sp³-hybridized carbons (Fsp3) is 0.500. The molecule has 1 atom stereocenters. The van der Waals surface area contributed by atoms with E-state index < -0.39 is 19.3 Å². The summed E-state index contributed by atoms with van der Waals surface area (Å²) in [4.78, 5) is 11.9. The molecule has 1 aromatic carbocycles. The maximum absolute atomic E-state index is 12.4. The Morgan fingerprint density at radius 1 is 1.18 bits per heavy atom. The topological polar surface area (TPSA) is 97.1 Å². The molecule has 22 heavy (non-hydrogen) atoms. The first-order chi connectivity index (χ1) is 10.5. The van der Waals surface area contributed by atoms with Crippen LogP contribution in [0.1, 0.15) is 19.4 Å². The van der Waals surface area contributed by atoms with E-state index in [1.54, 1.807) is 45.2 Å². The van der Waals surface area contributed by atoms with Gasteiger partial charge in [0.25, 0.3) is 0 Å². The van der Waals surface area contributed by atoms with Gasteiger partial charge in [-0.15, -0.1) is 0 Å². The zero-order valence-electron chi connectivity index (χ0n) is 13.0. The Morgan fingerprint density at radius 3 is 2.18 bits per heavy atom. The van der Waals surface area contributed by atoms with Gasteiger partial charge in [-0.3, -0.25) is 4.57 Å². The van der Waals surface area contributed by atoms with E-state index in [2.05, 4.69) is 0 Å². The molecule has 0 heterocycles. The second-order valence-electron chi connectivity index (χ2n) is 4.28. The van der Waals surface area contributed by atoms with E-state index in [9.17, 15) is 9.36 Å². The van der Waals surface area contributed by atoms with Gasteiger partial charge in [0.2, 0.25) is 5.78 Å². The number of rotatable bonds is 9. The molecule has 0 aliphatic carbocycles. The van der Waals surface area contributed by atoms with Gasteiger partial charge in [0.15, 0.2) is 0 Å². The molecule has 0 aromatic heterocycles. The predicted octanol–water partition coefficient (Wildman–Crippen LogP) is 2.29. The van der Waals surface area contributed by atoms with Crippen molar-refractivity contribution in [2.24, 2.45) is 5.73 Å². The Kier molecular flexibility index (Phi) is 7.55. The van der Waals surface area contributed by atoms with E-state index in [1.165, 1.54) is 0 Å². The SMILES string of the molecule is CCOP(=O)(OCC)C(N)C(=O)OCc1ccc(OC)cc1. The molecule has 0 bridgehead atoms. The zero-order chi connectivity index (χ0) is 16.6. The van der Waals surface area contributed by atoms with Crippen LogP contribution in [-0.4, -0.2) is 32.1 Å². The molecule has 0 aliphatic heterocycles. The number of methoxy groups -OCH3 is 1. The van der Waals surface area contributed by atoms with Gasteiger partial charge in [-0.2, -0.15) is 0 Å². The van der Waals surface area contributed by atoms with Gasteiger partial charge in [0, 0.05) is 0 Å². The lowest BCUT2D eigenvalue weighted by Crippen LogP contribution is -2.33. The molecule has 0 saturated carbocycles. The lowest BCUT2D eigenvalue weighted by Gasteiger charge is -2.21. The molecule has 2 N–H and O–H groups in total. The Bertz CT molecular complexity index is 509. The lowest BCUT2D eigenvalue weighted by molar-refractivity contribution is -0.144. The molecule has 124 valence electrons. The molecule has 7 nitrogen and oxygen atoms in total. The van der Waals surface area contributed by atoms with Crippen molar-refractivity contribution in [3.05, 3.63) is 29.8 Å². The second kappa shape index (κ2) is 8.90. The minimum atomic E-state index is -3.72. The molecular formula is C14H22NO6P. The second-order valence-corrected chi connectivity index (χ2v) is 6.43. The maximum Gasteiger partial charge on any atom is 0.358 e. The van der Waals surface area contributed by atoms with Crippen molar-refractivity contribution in [1.29, 1.82) is 0 Å². The Morgan fingerprint density at radius 2 is 1.73 bits per heavy atom. The van der Waals surface area contributed by atoms with Crippen molar-refractivity contribution >= 4 is 13.6 Å². The van der Waals surface area contributed by atoms with Gasteiger partial charge < -0.3 is 24.3 Å². The third-order valence-corrected chi connectivity index (χ3v) is 4.87. The fourth-order valence-corrected chi connectivity index (χ4v) is 3.10. The van der Waals surface area contributed by atoms with Crippen molar-refractivity contribution in [3.63, 3.8) is 0 Å². The summed E-state index contributed by atoms with van der Waals surface area (Å²) in [5.74, 6) is -1.60. The highest BCUT2D eigenvalue weighted by Crippen LogP contribution is 2.51. The zero-order valence-corrected chi connectivity index (χ0v) is 13.9. The minimum absolute atomic E-state index is 0.00871. The monoisotopic (exact) mass is 331 g/mol. The standard InChI is InChI=1S/C14H22NO6P/c1-4-20-22(17,21-5-2)13(15)14(16)19-10-11-6-8-12(18-3)9-7-11/h6-9,13H,4-5,10,15H2,1-3H3. The van der Waals surface area contributed by atoms with Crippen LogP contribution in [0.5, 0.6) is 5.75 Å². The molecule has 0 radical (unpaired) electrons. The van der Waals surface area contributed by atoms with Gasteiger partial charge >= 0.3 is 13.6 Å². The summed E-state index contributed by atoms with van der Waals surface area (Å²) in [6.07, 6.45) is 0. The molecular weight excluding hydrogens is 309 g/mol. The molecule has 1 unspecified atom stereocenters. The molecule has 0 aliphatic rings. The Hall–Kier alpha value is -1.40. The molecule has 1 aromatic rings. The largest absolute Gasteiger partial charge is 0.497 e. The van der Waals surface area contributed by atoms with Crippen LogP contribution in [0.25, 0.3) is 0 Å². The number of hydrogen-bond donors (Lipinski definition) is 1. The maximum atomic E-state index is 12.4. The van der Waals surface area contributed by atoms with E-state index in [0.717, 1.165) is 5.56 Å². The van der Waals surface area contributed by atoms with Gasteiger partial charge in [-0.1, -0.05) is 12.1 Å². The first-order valence-corrected chi connectivity index (χ1v) is 8.52. The van der Waals surface area contributed by atoms with Crippen LogP contribution in [-0.2, 0) is 29.8 Å². The van der Waals surface area contributed by atoms with Crippen LogP contribution in [0.15, 0.2) is 24.3 Å². The first-order valence-electron chi connectivity index (χ1n) is 6.90. The van der Waals surface area contributed by atoms with Crippen LogP contribution >= 0.6 is 7.60 Å². The van der Waals surface area contributed by atoms with E-state index >= 15 is 0 Å². The highest BCUT2D eigenvalue weighted by Gasteiger charge is 2.39. The number of esters is 1. The van der Waals surface area contributed by atoms with Crippen LogP contribution < -0.4 is 10.5 Å². The van der Waals surface area contributed by atoms with Crippen LogP contribution in [0.2, 0.25) is 0 Å². The molecule has 0 saturated heterocycles. The van der Waals surface area contributed by atoms with Gasteiger partial charge in [0.05, 0.1) is 20.3 Å². The summed E-state index contributed by atoms with van der Waals surface area (Å²) in [6, 6.07) is 6.99. The van der Waals surface area contributed by atoms with Crippen molar-refractivity contribution in [1.82, 2.24) is 0 Å². The summed E-state index contributed by atoms with van der Waals surface area (Å²) < 4.78 is 32.5. The quantitative estimate of drug-likeness (QED) is 0.547. The average Bonchev–Trinajstić information content (AvgIpc) is 2.52. The number of nitrogens with two attached hydrogens (primary N) is 1. The predicted molar refractivity (Wildman–Crippen MR) is 81.6 cm³/mol. The number of benzene rings is 1. The van der Waals surface area contributed by atoms with Crippen LogP contribution in [0.4, 0.5) is 0 Å². The summed E-state index contributed by atoms with van der Waals surface area (Å²) in [5, 5.41) is 0. The van der Waals surface area contributed by atoms with Crippen molar-refractivity contribution < 1.29 is 27.9 Å². The Balaban J connectivity index is 2.64. The summed E-state index contributed by atoms with van der Waals surface area (Å²) in [6.45, 7) is 3.53. The van der Waals surface area contributed by atoms with Crippen molar-refractivity contribution in [3.8, 4) is 5.75 Å². The molecule has 1 rings (SSSR count). The molecule has 8 heteroatoms. The van der Waals surface area contributed by atoms with E-state index in [-0.39, 0.29) is 19.8 Å². The summed E-state index contributed by atoms with van der Waals surface area (Å²) in [7, 11) is -2.15. The summed E-state index contributed by atoms with van der Waals surface area (Å²) >= 11 is 0. The third kappa shape index (κ3) is 5.10. The molecule has 0 spiro atoms. The van der Waals surface area contributed by atoms with E-state index in [1.807, 2.05) is 0 Å². The van der Waals surface area contributed by atoms with Gasteiger partial charge in [-0.05, 0) is 31.5 Å². The highest BCUT2D eigenvalue weighted by atomic mass is 31.2. The Labute approximate surface area is 130 Å². The summed E-state index contributed by atoms with van der Waals surface area (Å²) in [5.41, 5.74) is 6.42. The number of hydrogen-bond acceptors (Lipinski definition) is 7. The molecule has 0 fully saturated rings. The van der Waals surface area contributed by atoms with Crippen LogP contribution in [0.3, 0.4) is 0 Å². The number of ether oxygens (including phenoxy) is 2. The lowest BCUT2D eigenvalue weighted by atomic mass is 10.2. The van der Waals surface area contributed by atoms with Crippen LogP contribution in [0, 0.1) is 0 Å². The fourth-order valence-electron chi connectivity index (χ4n) is 1.65.